The minimum atomic E-state index is -1.80. The lowest BCUT2D eigenvalue weighted by atomic mass is 9.92. The summed E-state index contributed by atoms with van der Waals surface area (Å²) < 4.78 is 0. The SMILES string of the molecule is CCC(CC(=O)O)c1ccc(N(CC(C)C)[C@@H]2CCSC(O)(O)C2)c(NC(=O)Nc2ccc(C)cc2)c1. The van der Waals surface area contributed by atoms with Crippen molar-refractivity contribution in [3.63, 3.8) is 0 Å². The van der Waals surface area contributed by atoms with Crippen molar-refractivity contribution in [2.24, 2.45) is 5.92 Å². The van der Waals surface area contributed by atoms with Crippen LogP contribution in [0.4, 0.5) is 21.9 Å². The third kappa shape index (κ3) is 8.38. The number of carboxylic acids is 1. The zero-order chi connectivity index (χ0) is 27.2. The molecule has 1 saturated heterocycles. The Hall–Kier alpha value is -2.75. The number of aryl methyl sites for hydroxylation is 1. The van der Waals surface area contributed by atoms with Gasteiger partial charge in [-0.25, -0.2) is 4.79 Å². The number of anilines is 3. The lowest BCUT2D eigenvalue weighted by Crippen LogP contribution is -2.46. The molecule has 2 aromatic rings. The van der Waals surface area contributed by atoms with Crippen LogP contribution in [0.25, 0.3) is 0 Å². The number of hydrogen-bond acceptors (Lipinski definition) is 6. The van der Waals surface area contributed by atoms with Gasteiger partial charge >= 0.3 is 12.0 Å². The lowest BCUT2D eigenvalue weighted by molar-refractivity contribution is -0.137. The van der Waals surface area contributed by atoms with Gasteiger partial charge in [0.25, 0.3) is 0 Å². The Labute approximate surface area is 223 Å². The molecule has 2 aromatic carbocycles. The fourth-order valence-electron chi connectivity index (χ4n) is 4.72. The monoisotopic (exact) mass is 529 g/mol. The van der Waals surface area contributed by atoms with Crippen LogP contribution in [0, 0.1) is 12.8 Å². The Kier molecular flexibility index (Phi) is 9.87. The first-order chi connectivity index (χ1) is 17.5. The third-order valence-electron chi connectivity index (χ3n) is 6.56. The fourth-order valence-corrected chi connectivity index (χ4v) is 5.75. The number of aliphatic carboxylic acids is 1. The lowest BCUT2D eigenvalue weighted by Gasteiger charge is -2.41. The van der Waals surface area contributed by atoms with Crippen LogP contribution < -0.4 is 15.5 Å². The predicted octanol–water partition coefficient (Wildman–Crippen LogP) is 5.60. The smallest absolute Gasteiger partial charge is 0.323 e. The van der Waals surface area contributed by atoms with Gasteiger partial charge in [-0.1, -0.05) is 56.3 Å². The van der Waals surface area contributed by atoms with Gasteiger partial charge in [0.15, 0.2) is 0 Å². The van der Waals surface area contributed by atoms with E-state index < -0.39 is 17.1 Å². The molecule has 37 heavy (non-hydrogen) atoms. The van der Waals surface area contributed by atoms with E-state index in [1.165, 1.54) is 0 Å². The van der Waals surface area contributed by atoms with Gasteiger partial charge in [-0.15, -0.1) is 0 Å². The van der Waals surface area contributed by atoms with Gasteiger partial charge in [-0.2, -0.15) is 0 Å². The molecule has 8 nitrogen and oxygen atoms in total. The van der Waals surface area contributed by atoms with Gasteiger partial charge in [0.2, 0.25) is 5.12 Å². The van der Waals surface area contributed by atoms with Crippen LogP contribution in [0.3, 0.4) is 0 Å². The molecule has 1 aliphatic rings. The minimum absolute atomic E-state index is 0.00203. The van der Waals surface area contributed by atoms with Gasteiger partial charge in [-0.3, -0.25) is 4.79 Å². The van der Waals surface area contributed by atoms with Gasteiger partial charge in [-0.05, 0) is 61.4 Å². The van der Waals surface area contributed by atoms with E-state index >= 15 is 0 Å². The molecule has 1 aliphatic heterocycles. The molecule has 1 unspecified atom stereocenters. The van der Waals surface area contributed by atoms with E-state index in [-0.39, 0.29) is 30.7 Å². The summed E-state index contributed by atoms with van der Waals surface area (Å²) in [6.07, 6.45) is 1.59. The van der Waals surface area contributed by atoms with Crippen molar-refractivity contribution in [1.29, 1.82) is 0 Å². The third-order valence-corrected chi connectivity index (χ3v) is 7.63. The Morgan fingerprint density at radius 2 is 1.84 bits per heavy atom. The van der Waals surface area contributed by atoms with Crippen molar-refractivity contribution in [3.05, 3.63) is 53.6 Å². The maximum absolute atomic E-state index is 13.1. The van der Waals surface area contributed by atoms with E-state index in [2.05, 4.69) is 29.4 Å². The van der Waals surface area contributed by atoms with Gasteiger partial charge in [0.1, 0.15) is 0 Å². The minimum Gasteiger partial charge on any atom is -0.481 e. The summed E-state index contributed by atoms with van der Waals surface area (Å²) in [5.41, 5.74) is 3.91. The van der Waals surface area contributed by atoms with Gasteiger partial charge in [0, 0.05) is 30.4 Å². The molecule has 0 spiro atoms. The van der Waals surface area contributed by atoms with Gasteiger partial charge < -0.3 is 30.9 Å². The number of hydrogen-bond donors (Lipinski definition) is 5. The van der Waals surface area contributed by atoms with Crippen LogP contribution in [0.5, 0.6) is 0 Å². The Bertz CT molecular complexity index is 1070. The number of carbonyl (C=O) groups is 2. The summed E-state index contributed by atoms with van der Waals surface area (Å²) in [6, 6.07) is 12.7. The number of nitrogens with zero attached hydrogens (tertiary/aromatic N) is 1. The Morgan fingerprint density at radius 1 is 1.14 bits per heavy atom. The van der Waals surface area contributed by atoms with Crippen molar-refractivity contribution >= 4 is 40.8 Å². The van der Waals surface area contributed by atoms with Crippen LogP contribution in [0.15, 0.2) is 42.5 Å². The molecule has 1 fully saturated rings. The van der Waals surface area contributed by atoms with E-state index in [9.17, 15) is 24.9 Å². The highest BCUT2D eigenvalue weighted by molar-refractivity contribution is 8.00. The number of nitrogens with one attached hydrogen (secondary N) is 2. The second-order valence-corrected chi connectivity index (χ2v) is 11.6. The van der Waals surface area contributed by atoms with Crippen molar-refractivity contribution in [2.75, 3.05) is 27.8 Å². The average molecular weight is 530 g/mol. The first-order valence-electron chi connectivity index (χ1n) is 12.8. The number of aliphatic hydroxyl groups is 2. The molecule has 202 valence electrons. The molecule has 0 radical (unpaired) electrons. The maximum Gasteiger partial charge on any atom is 0.323 e. The molecule has 3 rings (SSSR count). The molecule has 5 N–H and O–H groups in total. The molecule has 2 atom stereocenters. The molecule has 0 aromatic heterocycles. The largest absolute Gasteiger partial charge is 0.481 e. The summed E-state index contributed by atoms with van der Waals surface area (Å²) in [7, 11) is 0. The van der Waals surface area contributed by atoms with E-state index in [1.807, 2.05) is 56.3 Å². The molecule has 0 bridgehead atoms. The predicted molar refractivity (Wildman–Crippen MR) is 150 cm³/mol. The fraction of sp³-hybridized carbons (Fsp3) is 0.500. The molecule has 0 saturated carbocycles. The average Bonchev–Trinajstić information content (AvgIpc) is 2.81. The molecule has 0 aliphatic carbocycles. The van der Waals surface area contributed by atoms with Crippen molar-refractivity contribution in [3.8, 4) is 0 Å². The second kappa shape index (κ2) is 12.7. The molecule has 9 heteroatoms. The normalized spacial score (nSPS) is 17.8. The molecular formula is C28H39N3O5S. The first kappa shape index (κ1) is 28.8. The van der Waals surface area contributed by atoms with Crippen LogP contribution >= 0.6 is 11.8 Å². The zero-order valence-corrected chi connectivity index (χ0v) is 22.8. The van der Waals surface area contributed by atoms with E-state index in [0.717, 1.165) is 35.0 Å². The zero-order valence-electron chi connectivity index (χ0n) is 22.0. The summed E-state index contributed by atoms with van der Waals surface area (Å²) >= 11 is 1.14. The number of benzene rings is 2. The van der Waals surface area contributed by atoms with Crippen molar-refractivity contribution in [2.45, 2.75) is 70.5 Å². The summed E-state index contributed by atoms with van der Waals surface area (Å²) in [4.78, 5) is 26.7. The summed E-state index contributed by atoms with van der Waals surface area (Å²) in [6.45, 7) is 8.78. The first-order valence-corrected chi connectivity index (χ1v) is 13.8. The molecule has 2 amide bonds. The van der Waals surface area contributed by atoms with E-state index in [4.69, 9.17) is 0 Å². The molecular weight excluding hydrogens is 490 g/mol. The topological polar surface area (TPSA) is 122 Å². The van der Waals surface area contributed by atoms with E-state index in [0.29, 0.717) is 30.1 Å². The van der Waals surface area contributed by atoms with Crippen molar-refractivity contribution < 1.29 is 24.9 Å². The highest BCUT2D eigenvalue weighted by Crippen LogP contribution is 2.40. The maximum atomic E-state index is 13.1. The number of rotatable bonds is 10. The second-order valence-electron chi connectivity index (χ2n) is 10.2. The summed E-state index contributed by atoms with van der Waals surface area (Å²) in [5, 5.41) is 34.2. The van der Waals surface area contributed by atoms with Crippen LogP contribution in [-0.4, -0.2) is 50.8 Å². The number of carboxylic acid groups (broad SMARTS) is 1. The summed E-state index contributed by atoms with van der Waals surface area (Å²) in [5.74, 6) is -0.173. The number of urea groups is 1. The Morgan fingerprint density at radius 3 is 2.43 bits per heavy atom. The van der Waals surface area contributed by atoms with Crippen LogP contribution in [0.2, 0.25) is 0 Å². The highest BCUT2D eigenvalue weighted by atomic mass is 32.2. The Balaban J connectivity index is 1.99. The van der Waals surface area contributed by atoms with Crippen LogP contribution in [-0.2, 0) is 4.79 Å². The standard InChI is InChI=1S/C28H39N3O5S/c1-5-20(15-26(32)33)21-8-11-25(31(17-18(2)3)23-12-13-37-28(35,36)16-23)24(14-21)30-27(34)29-22-9-6-19(4)7-10-22/h6-11,14,18,20,23,35-36H,5,12-13,15-17H2,1-4H3,(H,32,33)(H2,29,30,34)/t20?,23-/m1/s1. The molecule has 1 heterocycles. The highest BCUT2D eigenvalue weighted by Gasteiger charge is 2.37. The van der Waals surface area contributed by atoms with Gasteiger partial charge in [0.05, 0.1) is 17.8 Å². The van der Waals surface area contributed by atoms with Crippen molar-refractivity contribution in [1.82, 2.24) is 0 Å². The quantitative estimate of drug-likeness (QED) is 0.254. The number of amides is 2. The van der Waals surface area contributed by atoms with Crippen LogP contribution in [0.1, 0.15) is 63.5 Å². The number of carbonyl (C=O) groups excluding carboxylic acids is 1. The number of thioether (sulfide) groups is 1. The van der Waals surface area contributed by atoms with E-state index in [1.54, 1.807) is 0 Å².